The first-order valence-electron chi connectivity index (χ1n) is 5.71. The van der Waals surface area contributed by atoms with E-state index in [0.717, 1.165) is 11.1 Å². The Balaban J connectivity index is 2.06. The minimum Gasteiger partial charge on any atom is -0.207 e. The molecule has 0 nitrogen and oxygen atoms in total. The standard InChI is InChI=1S/C15H14ClFS/c1-18-14-8-4-12(5-9-14)15(16)10-11-2-6-13(17)7-3-11/h2-9,15H,10H2,1H3. The third-order valence-electron chi connectivity index (χ3n) is 2.81. The molecule has 0 saturated carbocycles. The van der Waals surface area contributed by atoms with Gasteiger partial charge in [0.2, 0.25) is 0 Å². The zero-order chi connectivity index (χ0) is 13.0. The Labute approximate surface area is 116 Å². The van der Waals surface area contributed by atoms with Gasteiger partial charge >= 0.3 is 0 Å². The summed E-state index contributed by atoms with van der Waals surface area (Å²) in [7, 11) is 0. The molecular formula is C15H14ClFS. The molecule has 1 unspecified atom stereocenters. The van der Waals surface area contributed by atoms with Crippen molar-refractivity contribution in [2.45, 2.75) is 16.7 Å². The summed E-state index contributed by atoms with van der Waals surface area (Å²) in [6.45, 7) is 0. The van der Waals surface area contributed by atoms with Crippen molar-refractivity contribution in [1.29, 1.82) is 0 Å². The van der Waals surface area contributed by atoms with Crippen LogP contribution in [-0.2, 0) is 6.42 Å². The highest BCUT2D eigenvalue weighted by atomic mass is 35.5. The summed E-state index contributed by atoms with van der Waals surface area (Å²) in [6, 6.07) is 14.7. The lowest BCUT2D eigenvalue weighted by atomic mass is 10.0. The Morgan fingerprint density at radius 1 is 1.06 bits per heavy atom. The van der Waals surface area contributed by atoms with Crippen molar-refractivity contribution in [1.82, 2.24) is 0 Å². The second-order valence-electron chi connectivity index (χ2n) is 4.07. The van der Waals surface area contributed by atoms with Crippen molar-refractivity contribution in [3.05, 3.63) is 65.5 Å². The van der Waals surface area contributed by atoms with E-state index in [1.807, 2.05) is 18.4 Å². The molecule has 0 spiro atoms. The minimum absolute atomic E-state index is 0.0774. The van der Waals surface area contributed by atoms with Gasteiger partial charge < -0.3 is 0 Å². The van der Waals surface area contributed by atoms with Crippen molar-refractivity contribution in [2.24, 2.45) is 0 Å². The largest absolute Gasteiger partial charge is 0.207 e. The molecule has 1 atom stereocenters. The molecule has 0 amide bonds. The molecule has 0 N–H and O–H groups in total. The molecule has 0 aromatic heterocycles. The topological polar surface area (TPSA) is 0 Å². The van der Waals surface area contributed by atoms with Gasteiger partial charge in [-0.3, -0.25) is 0 Å². The van der Waals surface area contributed by atoms with Gasteiger partial charge in [-0.05, 0) is 48.1 Å². The third kappa shape index (κ3) is 3.50. The number of benzene rings is 2. The highest BCUT2D eigenvalue weighted by molar-refractivity contribution is 7.98. The van der Waals surface area contributed by atoms with E-state index in [1.54, 1.807) is 23.9 Å². The fraction of sp³-hybridized carbons (Fsp3) is 0.200. The van der Waals surface area contributed by atoms with Crippen LogP contribution in [0.1, 0.15) is 16.5 Å². The molecule has 3 heteroatoms. The predicted molar refractivity (Wildman–Crippen MR) is 76.9 cm³/mol. The van der Waals surface area contributed by atoms with E-state index < -0.39 is 0 Å². The van der Waals surface area contributed by atoms with E-state index in [0.29, 0.717) is 6.42 Å². The van der Waals surface area contributed by atoms with Gasteiger partial charge in [0.25, 0.3) is 0 Å². The molecule has 0 aliphatic carbocycles. The quantitative estimate of drug-likeness (QED) is 0.556. The Hall–Kier alpha value is -0.990. The van der Waals surface area contributed by atoms with Crippen LogP contribution in [0.15, 0.2) is 53.4 Å². The molecule has 0 radical (unpaired) electrons. The molecule has 0 fully saturated rings. The minimum atomic E-state index is -0.214. The van der Waals surface area contributed by atoms with Crippen LogP contribution < -0.4 is 0 Å². The first kappa shape index (κ1) is 13.4. The maximum Gasteiger partial charge on any atom is 0.123 e. The van der Waals surface area contributed by atoms with Gasteiger partial charge in [-0.25, -0.2) is 4.39 Å². The molecule has 0 heterocycles. The molecule has 0 bridgehead atoms. The Morgan fingerprint density at radius 2 is 1.67 bits per heavy atom. The van der Waals surface area contributed by atoms with Crippen molar-refractivity contribution in [3.63, 3.8) is 0 Å². The maximum atomic E-state index is 12.8. The number of rotatable bonds is 4. The molecule has 2 rings (SSSR count). The Morgan fingerprint density at radius 3 is 2.22 bits per heavy atom. The van der Waals surface area contributed by atoms with Crippen LogP contribution in [-0.4, -0.2) is 6.26 Å². The number of hydrogen-bond donors (Lipinski definition) is 0. The third-order valence-corrected chi connectivity index (χ3v) is 3.96. The second kappa shape index (κ2) is 6.26. The van der Waals surface area contributed by atoms with Crippen LogP contribution in [0.4, 0.5) is 4.39 Å². The maximum absolute atomic E-state index is 12.8. The summed E-state index contributed by atoms with van der Waals surface area (Å²) in [5.41, 5.74) is 2.14. The van der Waals surface area contributed by atoms with Gasteiger partial charge in [-0.15, -0.1) is 23.4 Å². The number of hydrogen-bond acceptors (Lipinski definition) is 1. The normalized spacial score (nSPS) is 12.4. The molecular weight excluding hydrogens is 267 g/mol. The highest BCUT2D eigenvalue weighted by Crippen LogP contribution is 2.26. The monoisotopic (exact) mass is 280 g/mol. The summed E-state index contributed by atoms with van der Waals surface area (Å²) in [4.78, 5) is 1.23. The summed E-state index contributed by atoms with van der Waals surface area (Å²) < 4.78 is 12.8. The van der Waals surface area contributed by atoms with E-state index in [4.69, 9.17) is 11.6 Å². The van der Waals surface area contributed by atoms with Gasteiger partial charge in [-0.1, -0.05) is 24.3 Å². The molecule has 18 heavy (non-hydrogen) atoms. The van der Waals surface area contributed by atoms with Crippen molar-refractivity contribution in [3.8, 4) is 0 Å². The molecule has 2 aromatic rings. The first-order chi connectivity index (χ1) is 8.69. The number of alkyl halides is 1. The summed E-state index contributed by atoms with van der Waals surface area (Å²) >= 11 is 8.09. The molecule has 0 aliphatic rings. The first-order valence-corrected chi connectivity index (χ1v) is 7.37. The number of halogens is 2. The summed E-state index contributed by atoms with van der Waals surface area (Å²) in [5, 5.41) is -0.0774. The molecule has 0 aliphatic heterocycles. The van der Waals surface area contributed by atoms with Crippen LogP contribution in [0.25, 0.3) is 0 Å². The molecule has 0 saturated heterocycles. The van der Waals surface area contributed by atoms with E-state index in [-0.39, 0.29) is 11.2 Å². The smallest absolute Gasteiger partial charge is 0.123 e. The van der Waals surface area contributed by atoms with Gasteiger partial charge in [0, 0.05) is 4.90 Å². The van der Waals surface area contributed by atoms with Crippen LogP contribution in [0.2, 0.25) is 0 Å². The summed E-state index contributed by atoms with van der Waals surface area (Å²) in [5.74, 6) is -0.214. The van der Waals surface area contributed by atoms with E-state index in [9.17, 15) is 4.39 Å². The lowest BCUT2D eigenvalue weighted by Crippen LogP contribution is -1.96. The van der Waals surface area contributed by atoms with Gasteiger partial charge in [0.05, 0.1) is 5.38 Å². The fourth-order valence-electron chi connectivity index (χ4n) is 1.76. The van der Waals surface area contributed by atoms with Crippen LogP contribution in [0.3, 0.4) is 0 Å². The fourth-order valence-corrected chi connectivity index (χ4v) is 2.49. The molecule has 2 aromatic carbocycles. The second-order valence-corrected chi connectivity index (χ2v) is 5.48. The zero-order valence-corrected chi connectivity index (χ0v) is 11.6. The SMILES string of the molecule is CSc1ccc(C(Cl)Cc2ccc(F)cc2)cc1. The van der Waals surface area contributed by atoms with Crippen LogP contribution >= 0.6 is 23.4 Å². The highest BCUT2D eigenvalue weighted by Gasteiger charge is 2.09. The Kier molecular flexibility index (Phi) is 4.67. The average molecular weight is 281 g/mol. The molecule has 94 valence electrons. The van der Waals surface area contributed by atoms with E-state index in [1.165, 1.54) is 17.0 Å². The van der Waals surface area contributed by atoms with Crippen LogP contribution in [0.5, 0.6) is 0 Å². The lowest BCUT2D eigenvalue weighted by Gasteiger charge is -2.10. The van der Waals surface area contributed by atoms with E-state index in [2.05, 4.69) is 12.1 Å². The van der Waals surface area contributed by atoms with Crippen molar-refractivity contribution in [2.75, 3.05) is 6.26 Å². The van der Waals surface area contributed by atoms with Gasteiger partial charge in [0.15, 0.2) is 0 Å². The van der Waals surface area contributed by atoms with Gasteiger partial charge in [0.1, 0.15) is 5.82 Å². The summed E-state index contributed by atoms with van der Waals surface area (Å²) in [6.07, 6.45) is 2.76. The van der Waals surface area contributed by atoms with Crippen molar-refractivity contribution < 1.29 is 4.39 Å². The number of thioether (sulfide) groups is 1. The predicted octanol–water partition coefficient (Wildman–Crippen LogP) is 5.07. The Bertz CT molecular complexity index is 493. The van der Waals surface area contributed by atoms with Crippen molar-refractivity contribution >= 4 is 23.4 Å². The average Bonchev–Trinajstić information content (AvgIpc) is 2.41. The van der Waals surface area contributed by atoms with Gasteiger partial charge in [-0.2, -0.15) is 0 Å². The van der Waals surface area contributed by atoms with E-state index >= 15 is 0 Å². The zero-order valence-electron chi connectivity index (χ0n) is 10.1. The van der Waals surface area contributed by atoms with Crippen LogP contribution in [0, 0.1) is 5.82 Å². The lowest BCUT2D eigenvalue weighted by molar-refractivity contribution is 0.627.